The third-order valence-corrected chi connectivity index (χ3v) is 3.76. The summed E-state index contributed by atoms with van der Waals surface area (Å²) in [4.78, 5) is 29.5. The Balaban J connectivity index is 1.63. The number of nitrogens with zero attached hydrogens (tertiary/aromatic N) is 3. The molecule has 1 aromatic rings. The molecule has 2 heterocycles. The zero-order valence-electron chi connectivity index (χ0n) is 13.1. The minimum Gasteiger partial charge on any atom is -0.341 e. The van der Waals surface area contributed by atoms with Gasteiger partial charge in [0, 0.05) is 51.0 Å². The van der Waals surface area contributed by atoms with Gasteiger partial charge in [-0.05, 0) is 19.8 Å². The van der Waals surface area contributed by atoms with Gasteiger partial charge >= 0.3 is 6.03 Å². The summed E-state index contributed by atoms with van der Waals surface area (Å²) in [6, 6.07) is -0.191. The molecule has 0 bridgehead atoms. The molecular weight excluding hydrogens is 282 g/mol. The molecule has 1 fully saturated rings. The van der Waals surface area contributed by atoms with Crippen molar-refractivity contribution >= 4 is 11.9 Å². The molecule has 0 aliphatic carbocycles. The minimum atomic E-state index is -0.199. The van der Waals surface area contributed by atoms with E-state index in [0.717, 1.165) is 25.8 Å². The maximum absolute atomic E-state index is 11.8. The highest BCUT2D eigenvalue weighted by Crippen LogP contribution is 2.10. The molecule has 0 aromatic carbocycles. The number of nitrogens with one attached hydrogen (secondary N) is 2. The number of aromatic nitrogens is 2. The normalized spacial score (nSPS) is 17.0. The second-order valence-corrected chi connectivity index (χ2v) is 5.75. The average Bonchev–Trinajstić information content (AvgIpc) is 2.89. The SMILES string of the molecule is C[C@@H](Cn1ccnc1)NC(=O)NCCN1CCCCCC1=O. The van der Waals surface area contributed by atoms with E-state index < -0.39 is 0 Å². The first kappa shape index (κ1) is 16.3. The molecule has 7 nitrogen and oxygen atoms in total. The largest absolute Gasteiger partial charge is 0.341 e. The highest BCUT2D eigenvalue weighted by atomic mass is 16.2. The molecule has 1 aromatic heterocycles. The van der Waals surface area contributed by atoms with E-state index >= 15 is 0 Å². The lowest BCUT2D eigenvalue weighted by Gasteiger charge is -2.21. The van der Waals surface area contributed by atoms with Crippen molar-refractivity contribution < 1.29 is 9.59 Å². The van der Waals surface area contributed by atoms with E-state index in [1.807, 2.05) is 22.6 Å². The van der Waals surface area contributed by atoms with Gasteiger partial charge in [0.25, 0.3) is 0 Å². The Bertz CT molecular complexity index is 474. The first-order valence-corrected chi connectivity index (χ1v) is 7.93. The third kappa shape index (κ3) is 5.38. The van der Waals surface area contributed by atoms with Gasteiger partial charge in [0.15, 0.2) is 0 Å². The van der Waals surface area contributed by atoms with Crippen molar-refractivity contribution in [1.29, 1.82) is 0 Å². The van der Waals surface area contributed by atoms with Crippen LogP contribution in [0.5, 0.6) is 0 Å². The molecular formula is C15H25N5O2. The molecule has 7 heteroatoms. The monoisotopic (exact) mass is 307 g/mol. The zero-order valence-corrected chi connectivity index (χ0v) is 13.1. The van der Waals surface area contributed by atoms with Gasteiger partial charge in [-0.25, -0.2) is 9.78 Å². The Morgan fingerprint density at radius 3 is 3.05 bits per heavy atom. The summed E-state index contributed by atoms with van der Waals surface area (Å²) in [6.45, 7) is 4.49. The number of imidazole rings is 1. The summed E-state index contributed by atoms with van der Waals surface area (Å²) in [5.41, 5.74) is 0. The molecule has 2 N–H and O–H groups in total. The molecule has 0 spiro atoms. The Labute approximate surface area is 131 Å². The summed E-state index contributed by atoms with van der Waals surface area (Å²) < 4.78 is 1.92. The maximum atomic E-state index is 11.8. The first-order chi connectivity index (χ1) is 10.6. The van der Waals surface area contributed by atoms with Crippen molar-refractivity contribution in [1.82, 2.24) is 25.1 Å². The standard InChI is InChI=1S/C15H25N5O2/c1-13(11-19-9-6-16-12-19)18-15(22)17-7-10-20-8-4-2-3-5-14(20)21/h6,9,12-13H,2-5,7-8,10-11H2,1H3,(H2,17,18,22)/t13-/m0/s1. The van der Waals surface area contributed by atoms with Crippen LogP contribution in [0, 0.1) is 0 Å². The predicted molar refractivity (Wildman–Crippen MR) is 83.3 cm³/mol. The van der Waals surface area contributed by atoms with Crippen LogP contribution in [0.4, 0.5) is 4.79 Å². The van der Waals surface area contributed by atoms with E-state index in [0.29, 0.717) is 26.1 Å². The number of carbonyl (C=O) groups excluding carboxylic acids is 2. The van der Waals surface area contributed by atoms with Crippen LogP contribution in [0.3, 0.4) is 0 Å². The van der Waals surface area contributed by atoms with Gasteiger partial charge in [-0.3, -0.25) is 4.79 Å². The molecule has 22 heavy (non-hydrogen) atoms. The van der Waals surface area contributed by atoms with Crippen LogP contribution in [0.1, 0.15) is 32.6 Å². The van der Waals surface area contributed by atoms with E-state index in [4.69, 9.17) is 0 Å². The van der Waals surface area contributed by atoms with Crippen LogP contribution >= 0.6 is 0 Å². The molecule has 0 saturated carbocycles. The average molecular weight is 307 g/mol. The molecule has 0 radical (unpaired) electrons. The smallest absolute Gasteiger partial charge is 0.315 e. The van der Waals surface area contributed by atoms with Gasteiger partial charge in [-0.15, -0.1) is 0 Å². The van der Waals surface area contributed by atoms with Crippen LogP contribution in [0.2, 0.25) is 0 Å². The summed E-state index contributed by atoms with van der Waals surface area (Å²) in [7, 11) is 0. The van der Waals surface area contributed by atoms with Gasteiger partial charge in [-0.2, -0.15) is 0 Å². The molecule has 1 aliphatic rings. The second-order valence-electron chi connectivity index (χ2n) is 5.75. The van der Waals surface area contributed by atoms with Crippen LogP contribution in [-0.2, 0) is 11.3 Å². The fourth-order valence-corrected chi connectivity index (χ4v) is 2.61. The van der Waals surface area contributed by atoms with Gasteiger partial charge < -0.3 is 20.1 Å². The number of carbonyl (C=O) groups is 2. The predicted octanol–water partition coefficient (Wildman–Crippen LogP) is 0.973. The van der Waals surface area contributed by atoms with Crippen LogP contribution in [0.15, 0.2) is 18.7 Å². The van der Waals surface area contributed by atoms with E-state index in [1.54, 1.807) is 12.5 Å². The minimum absolute atomic E-state index is 0.00835. The Morgan fingerprint density at radius 2 is 2.27 bits per heavy atom. The lowest BCUT2D eigenvalue weighted by molar-refractivity contribution is -0.130. The van der Waals surface area contributed by atoms with Gasteiger partial charge in [0.05, 0.1) is 6.33 Å². The van der Waals surface area contributed by atoms with Crippen molar-refractivity contribution in [3.8, 4) is 0 Å². The summed E-state index contributed by atoms with van der Waals surface area (Å²) in [6.07, 6.45) is 9.08. The second kappa shape index (κ2) is 8.41. The zero-order chi connectivity index (χ0) is 15.8. The molecule has 0 unspecified atom stereocenters. The highest BCUT2D eigenvalue weighted by Gasteiger charge is 2.16. The van der Waals surface area contributed by atoms with Gasteiger partial charge in [0.1, 0.15) is 0 Å². The summed E-state index contributed by atoms with van der Waals surface area (Å²) >= 11 is 0. The van der Waals surface area contributed by atoms with Crippen molar-refractivity contribution in [3.05, 3.63) is 18.7 Å². The van der Waals surface area contributed by atoms with E-state index in [9.17, 15) is 9.59 Å². The molecule has 122 valence electrons. The summed E-state index contributed by atoms with van der Waals surface area (Å²) in [5, 5.41) is 5.69. The number of likely N-dealkylation sites (tertiary alicyclic amines) is 1. The highest BCUT2D eigenvalue weighted by molar-refractivity contribution is 5.76. The van der Waals surface area contributed by atoms with Crippen molar-refractivity contribution in [2.75, 3.05) is 19.6 Å². The topological polar surface area (TPSA) is 79.3 Å². The number of hydrogen-bond donors (Lipinski definition) is 2. The molecule has 2 rings (SSSR count). The Kier molecular flexibility index (Phi) is 6.24. The third-order valence-electron chi connectivity index (χ3n) is 3.76. The lowest BCUT2D eigenvalue weighted by Crippen LogP contribution is -2.45. The number of urea groups is 1. The van der Waals surface area contributed by atoms with E-state index in [2.05, 4.69) is 15.6 Å². The van der Waals surface area contributed by atoms with Crippen molar-refractivity contribution in [3.63, 3.8) is 0 Å². The fourth-order valence-electron chi connectivity index (χ4n) is 2.61. The number of amides is 3. The van der Waals surface area contributed by atoms with Crippen LogP contribution < -0.4 is 10.6 Å². The molecule has 1 atom stereocenters. The van der Waals surface area contributed by atoms with Gasteiger partial charge in [0.2, 0.25) is 5.91 Å². The molecule has 1 aliphatic heterocycles. The maximum Gasteiger partial charge on any atom is 0.315 e. The van der Waals surface area contributed by atoms with Crippen molar-refractivity contribution in [2.45, 2.75) is 45.2 Å². The van der Waals surface area contributed by atoms with E-state index in [1.165, 1.54) is 0 Å². The lowest BCUT2D eigenvalue weighted by atomic mass is 10.2. The molecule has 3 amide bonds. The first-order valence-electron chi connectivity index (χ1n) is 7.93. The Hall–Kier alpha value is -2.05. The van der Waals surface area contributed by atoms with Crippen LogP contribution in [-0.4, -0.2) is 52.1 Å². The van der Waals surface area contributed by atoms with Gasteiger partial charge in [-0.1, -0.05) is 6.42 Å². The fraction of sp³-hybridized carbons (Fsp3) is 0.667. The Morgan fingerprint density at radius 1 is 1.41 bits per heavy atom. The van der Waals surface area contributed by atoms with E-state index in [-0.39, 0.29) is 18.0 Å². The van der Waals surface area contributed by atoms with Crippen LogP contribution in [0.25, 0.3) is 0 Å². The molecule has 1 saturated heterocycles. The number of hydrogen-bond acceptors (Lipinski definition) is 3. The number of rotatable bonds is 6. The summed E-state index contributed by atoms with van der Waals surface area (Å²) in [5.74, 6) is 0.202. The van der Waals surface area contributed by atoms with Crippen molar-refractivity contribution in [2.24, 2.45) is 0 Å². The quantitative estimate of drug-likeness (QED) is 0.822.